The van der Waals surface area contributed by atoms with Gasteiger partial charge in [-0.3, -0.25) is 4.98 Å². The number of benzene rings is 3. The highest BCUT2D eigenvalue weighted by molar-refractivity contribution is 6.31. The molecule has 5 rings (SSSR count). The van der Waals surface area contributed by atoms with Gasteiger partial charge in [0.2, 0.25) is 5.75 Å². The molecule has 9 nitrogen and oxygen atoms in total. The number of anilines is 2. The molecule has 0 saturated heterocycles. The molecule has 2 N–H and O–H groups in total. The molecule has 0 saturated carbocycles. The van der Waals surface area contributed by atoms with Gasteiger partial charge in [-0.05, 0) is 82.0 Å². The summed E-state index contributed by atoms with van der Waals surface area (Å²) in [7, 11) is 4.15. The van der Waals surface area contributed by atoms with Crippen LogP contribution in [0, 0.1) is 0 Å². The smallest absolute Gasteiger partial charge is 0.417 e. The summed E-state index contributed by atoms with van der Waals surface area (Å²) in [6.07, 6.45) is 1.26. The van der Waals surface area contributed by atoms with E-state index in [9.17, 15) is 18.0 Å². The lowest BCUT2D eigenvalue weighted by molar-refractivity contribution is -0.137. The number of carbonyl (C=O) groups is 1. The monoisotopic (exact) mass is 658 g/mol. The lowest BCUT2D eigenvalue weighted by Crippen LogP contribution is -2.19. The average Bonchev–Trinajstić information content (AvgIpc) is 3.01. The Labute approximate surface area is 269 Å². The summed E-state index contributed by atoms with van der Waals surface area (Å²) in [5.41, 5.74) is -0.0882. The van der Waals surface area contributed by atoms with E-state index in [1.54, 1.807) is 36.5 Å². The molecule has 1 aromatic heterocycles. The molecule has 2 heterocycles. The fraction of sp³-hybridized carbons (Fsp3) is 0.333. The first kappa shape index (κ1) is 33.0. The summed E-state index contributed by atoms with van der Waals surface area (Å²) < 4.78 is 63.8. The van der Waals surface area contributed by atoms with Crippen molar-refractivity contribution in [1.82, 2.24) is 9.88 Å². The topological polar surface area (TPSA) is 94.2 Å². The number of pyridine rings is 1. The Bertz CT molecular complexity index is 1670. The molecule has 1 aliphatic heterocycles. The molecule has 0 bridgehead atoms. The van der Waals surface area contributed by atoms with Crippen LogP contribution in [0.1, 0.15) is 31.2 Å². The van der Waals surface area contributed by atoms with E-state index in [0.29, 0.717) is 65.2 Å². The summed E-state index contributed by atoms with van der Waals surface area (Å²) in [6, 6.07) is 12.4. The number of nitrogens with zero attached hydrogens (tertiary/aromatic N) is 2. The minimum Gasteiger partial charge on any atom is -0.489 e. The van der Waals surface area contributed by atoms with E-state index in [1.807, 2.05) is 6.07 Å². The lowest BCUT2D eigenvalue weighted by Gasteiger charge is -2.23. The van der Waals surface area contributed by atoms with Gasteiger partial charge in [-0.15, -0.1) is 0 Å². The van der Waals surface area contributed by atoms with Crippen LogP contribution in [0.2, 0.25) is 5.02 Å². The Hall–Kier alpha value is -4.42. The number of amides is 2. The summed E-state index contributed by atoms with van der Waals surface area (Å²) in [5, 5.41) is 5.14. The molecule has 244 valence electrons. The van der Waals surface area contributed by atoms with Crippen molar-refractivity contribution in [3.63, 3.8) is 0 Å². The molecule has 1 aliphatic rings. The second-order valence-electron chi connectivity index (χ2n) is 10.9. The van der Waals surface area contributed by atoms with Crippen molar-refractivity contribution >= 4 is 39.9 Å². The second-order valence-corrected chi connectivity index (χ2v) is 11.3. The SMILES string of the molecule is CN(C)CCCCCCOc1cc2nccc(Oc3ccc(NC(=O)Nc4ccc(Cl)c(C(F)(F)F)c4)cc3)c2c2c1OCCO2. The molecule has 0 fully saturated rings. The van der Waals surface area contributed by atoms with Gasteiger partial charge in [0.05, 0.1) is 28.1 Å². The quantitative estimate of drug-likeness (QED) is 0.147. The number of urea groups is 1. The van der Waals surface area contributed by atoms with E-state index in [2.05, 4.69) is 34.6 Å². The Morgan fingerprint density at radius 1 is 0.913 bits per heavy atom. The van der Waals surface area contributed by atoms with Gasteiger partial charge < -0.3 is 34.5 Å². The van der Waals surface area contributed by atoms with Crippen LogP contribution >= 0.6 is 11.6 Å². The van der Waals surface area contributed by atoms with Gasteiger partial charge in [0, 0.05) is 23.6 Å². The molecule has 2 amide bonds. The normalized spacial score (nSPS) is 12.7. The predicted molar refractivity (Wildman–Crippen MR) is 171 cm³/mol. The molecular weight excluding hydrogens is 625 g/mol. The summed E-state index contributed by atoms with van der Waals surface area (Å²) in [4.78, 5) is 19.1. The van der Waals surface area contributed by atoms with Gasteiger partial charge in [0.1, 0.15) is 24.7 Å². The summed E-state index contributed by atoms with van der Waals surface area (Å²) in [5.74, 6) is 2.53. The van der Waals surface area contributed by atoms with Crippen molar-refractivity contribution in [2.45, 2.75) is 31.9 Å². The van der Waals surface area contributed by atoms with E-state index in [0.717, 1.165) is 44.4 Å². The number of hydrogen-bond donors (Lipinski definition) is 2. The minimum absolute atomic E-state index is 0.0579. The number of ether oxygens (including phenoxy) is 4. The van der Waals surface area contributed by atoms with Gasteiger partial charge in [-0.1, -0.05) is 24.4 Å². The van der Waals surface area contributed by atoms with Crippen molar-refractivity contribution in [1.29, 1.82) is 0 Å². The fourth-order valence-electron chi connectivity index (χ4n) is 4.88. The van der Waals surface area contributed by atoms with Gasteiger partial charge in [0.25, 0.3) is 0 Å². The largest absolute Gasteiger partial charge is 0.489 e. The fourth-order valence-corrected chi connectivity index (χ4v) is 5.10. The molecule has 0 aliphatic carbocycles. The Morgan fingerprint density at radius 2 is 1.61 bits per heavy atom. The number of rotatable bonds is 12. The lowest BCUT2D eigenvalue weighted by atomic mass is 10.1. The molecular formula is C33H34ClF3N4O5. The molecule has 0 radical (unpaired) electrons. The van der Waals surface area contributed by atoms with Crippen LogP contribution in [0.25, 0.3) is 10.9 Å². The summed E-state index contributed by atoms with van der Waals surface area (Å²) in [6.45, 7) is 2.37. The zero-order valence-electron chi connectivity index (χ0n) is 25.4. The third kappa shape index (κ3) is 8.43. The Balaban J connectivity index is 1.24. The van der Waals surface area contributed by atoms with Crippen molar-refractivity contribution < 1.29 is 36.9 Å². The Kier molecular flexibility index (Phi) is 10.6. The second kappa shape index (κ2) is 14.8. The Morgan fingerprint density at radius 3 is 2.35 bits per heavy atom. The third-order valence-corrected chi connectivity index (χ3v) is 7.40. The maximum atomic E-state index is 13.2. The highest BCUT2D eigenvalue weighted by Crippen LogP contribution is 2.48. The van der Waals surface area contributed by atoms with Crippen molar-refractivity contribution in [2.24, 2.45) is 0 Å². The van der Waals surface area contributed by atoms with Gasteiger partial charge in [0.15, 0.2) is 11.5 Å². The van der Waals surface area contributed by atoms with Crippen LogP contribution in [-0.4, -0.2) is 56.4 Å². The number of fused-ring (bicyclic) bond motifs is 3. The van der Waals surface area contributed by atoms with Crippen molar-refractivity contribution in [2.75, 3.05) is 51.1 Å². The number of carbonyl (C=O) groups excluding carboxylic acids is 1. The van der Waals surface area contributed by atoms with E-state index in [4.69, 9.17) is 30.5 Å². The molecule has 3 aromatic carbocycles. The first-order valence-corrected chi connectivity index (χ1v) is 15.2. The number of nitrogens with one attached hydrogen (secondary N) is 2. The first-order valence-electron chi connectivity index (χ1n) is 14.8. The zero-order chi connectivity index (χ0) is 32.7. The van der Waals surface area contributed by atoms with Gasteiger partial charge in [-0.2, -0.15) is 13.2 Å². The molecule has 46 heavy (non-hydrogen) atoms. The standard InChI is InChI=1S/C33H34ClF3N4O5/c1-41(2)15-5-3-4-6-16-43-28-20-26-29(31-30(28)44-17-18-45-31)27(13-14-38-26)46-23-10-7-21(8-11-23)39-32(42)40-22-9-12-25(34)24(19-22)33(35,36)37/h7-14,19-20H,3-6,15-18H2,1-2H3,(H2,39,40,42). The molecule has 0 unspecified atom stereocenters. The number of hydrogen-bond acceptors (Lipinski definition) is 7. The van der Waals surface area contributed by atoms with Crippen LogP contribution in [0.3, 0.4) is 0 Å². The molecule has 0 spiro atoms. The number of halogens is 4. The first-order chi connectivity index (χ1) is 22.1. The van der Waals surface area contributed by atoms with Crippen LogP contribution < -0.4 is 29.6 Å². The number of unbranched alkanes of at least 4 members (excludes halogenated alkanes) is 3. The number of alkyl halides is 3. The highest BCUT2D eigenvalue weighted by Gasteiger charge is 2.33. The molecule has 0 atom stereocenters. The minimum atomic E-state index is -4.65. The molecule has 13 heteroatoms. The van der Waals surface area contributed by atoms with Crippen LogP contribution in [0.4, 0.5) is 29.3 Å². The summed E-state index contributed by atoms with van der Waals surface area (Å²) >= 11 is 5.65. The van der Waals surface area contributed by atoms with E-state index in [-0.39, 0.29) is 5.69 Å². The van der Waals surface area contributed by atoms with Crippen molar-refractivity contribution in [3.05, 3.63) is 71.4 Å². The van der Waals surface area contributed by atoms with Gasteiger partial charge >= 0.3 is 12.2 Å². The maximum absolute atomic E-state index is 13.2. The maximum Gasteiger partial charge on any atom is 0.417 e. The van der Waals surface area contributed by atoms with E-state index in [1.165, 1.54) is 6.07 Å². The number of aromatic nitrogens is 1. The van der Waals surface area contributed by atoms with Crippen molar-refractivity contribution in [3.8, 4) is 28.7 Å². The predicted octanol–water partition coefficient (Wildman–Crippen LogP) is 8.62. The molecule has 4 aromatic rings. The van der Waals surface area contributed by atoms with E-state index < -0.39 is 22.8 Å². The third-order valence-electron chi connectivity index (χ3n) is 7.07. The van der Waals surface area contributed by atoms with Crippen LogP contribution in [-0.2, 0) is 6.18 Å². The highest BCUT2D eigenvalue weighted by atomic mass is 35.5. The van der Waals surface area contributed by atoms with E-state index >= 15 is 0 Å². The van der Waals surface area contributed by atoms with Crippen LogP contribution in [0.15, 0.2) is 60.8 Å². The van der Waals surface area contributed by atoms with Gasteiger partial charge in [-0.25, -0.2) is 4.79 Å². The average molecular weight is 659 g/mol. The zero-order valence-corrected chi connectivity index (χ0v) is 26.1. The van der Waals surface area contributed by atoms with Crippen LogP contribution in [0.5, 0.6) is 28.7 Å².